The van der Waals surface area contributed by atoms with Gasteiger partial charge in [0.15, 0.2) is 0 Å². The first-order valence-electron chi connectivity index (χ1n) is 4.27. The molecule has 72 valence electrons. The number of nitrogens with two attached hydrogens (primary N) is 1. The second-order valence-corrected chi connectivity index (χ2v) is 3.15. The summed E-state index contributed by atoms with van der Waals surface area (Å²) in [5.41, 5.74) is 6.37. The topological polar surface area (TPSA) is 60.0 Å². The zero-order chi connectivity index (χ0) is 9.84. The molecule has 0 spiro atoms. The van der Waals surface area contributed by atoms with E-state index in [1.54, 1.807) is 19.3 Å². The molecule has 13 heavy (non-hydrogen) atoms. The van der Waals surface area contributed by atoms with Gasteiger partial charge in [-0.25, -0.2) is 0 Å². The lowest BCUT2D eigenvalue weighted by atomic mass is 10.3. The number of aromatic nitrogens is 1. The van der Waals surface area contributed by atoms with Crippen molar-refractivity contribution >= 4 is 5.69 Å². The van der Waals surface area contributed by atoms with E-state index in [2.05, 4.69) is 5.32 Å². The first-order valence-corrected chi connectivity index (χ1v) is 4.27. The van der Waals surface area contributed by atoms with Gasteiger partial charge in [-0.15, -0.1) is 0 Å². The molecule has 0 radical (unpaired) electrons. The molecule has 4 heteroatoms. The van der Waals surface area contributed by atoms with E-state index >= 15 is 0 Å². The van der Waals surface area contributed by atoms with Crippen LogP contribution in [0, 0.1) is 0 Å². The number of hydrogen-bond donors (Lipinski definition) is 2. The Labute approximate surface area is 77.4 Å². The second kappa shape index (κ2) is 4.09. The number of nitrogens with zero attached hydrogens (tertiary/aromatic N) is 1. The molecule has 1 aromatic rings. The summed E-state index contributed by atoms with van der Waals surface area (Å²) < 4.78 is 1.53. The molecule has 1 rings (SSSR count). The number of aryl methyl sites for hydroxylation is 1. The van der Waals surface area contributed by atoms with Gasteiger partial charge in [-0.3, -0.25) is 4.79 Å². The van der Waals surface area contributed by atoms with E-state index in [-0.39, 0.29) is 11.6 Å². The summed E-state index contributed by atoms with van der Waals surface area (Å²) in [6.45, 7) is 2.56. The molecule has 1 aromatic heterocycles. The van der Waals surface area contributed by atoms with Crippen LogP contribution in [0.4, 0.5) is 5.69 Å². The lowest BCUT2D eigenvalue weighted by Crippen LogP contribution is -2.26. The molecule has 0 aliphatic heterocycles. The fourth-order valence-electron chi connectivity index (χ4n) is 1.02. The molecule has 0 saturated carbocycles. The predicted molar refractivity (Wildman–Crippen MR) is 53.8 cm³/mol. The van der Waals surface area contributed by atoms with Gasteiger partial charge < -0.3 is 15.6 Å². The van der Waals surface area contributed by atoms with Gasteiger partial charge in [0.2, 0.25) is 5.56 Å². The smallest absolute Gasteiger partial charge is 0.250 e. The Balaban J connectivity index is 2.79. The summed E-state index contributed by atoms with van der Waals surface area (Å²) in [6.07, 6.45) is 1.76. The number of hydrogen-bond acceptors (Lipinski definition) is 3. The summed E-state index contributed by atoms with van der Waals surface area (Å²) in [6, 6.07) is 3.51. The number of nitrogens with one attached hydrogen (secondary N) is 1. The first-order chi connectivity index (χ1) is 6.13. The van der Waals surface area contributed by atoms with E-state index in [4.69, 9.17) is 5.73 Å². The summed E-state index contributed by atoms with van der Waals surface area (Å²) in [5, 5.41) is 3.17. The normalized spacial score (nSPS) is 12.5. The lowest BCUT2D eigenvalue weighted by Gasteiger charge is -2.12. The monoisotopic (exact) mass is 181 g/mol. The van der Waals surface area contributed by atoms with Crippen LogP contribution in [-0.4, -0.2) is 17.2 Å². The summed E-state index contributed by atoms with van der Waals surface area (Å²) in [4.78, 5) is 11.0. The Kier molecular flexibility index (Phi) is 3.08. The fourth-order valence-corrected chi connectivity index (χ4v) is 1.02. The van der Waals surface area contributed by atoms with Crippen molar-refractivity contribution in [2.45, 2.75) is 13.0 Å². The lowest BCUT2D eigenvalue weighted by molar-refractivity contribution is 0.794. The van der Waals surface area contributed by atoms with E-state index in [9.17, 15) is 4.79 Å². The molecule has 1 unspecified atom stereocenters. The van der Waals surface area contributed by atoms with Gasteiger partial charge in [0, 0.05) is 31.9 Å². The molecule has 3 N–H and O–H groups in total. The van der Waals surface area contributed by atoms with Crippen molar-refractivity contribution in [3.63, 3.8) is 0 Å². The van der Waals surface area contributed by atoms with Crippen molar-refractivity contribution in [3.05, 3.63) is 28.7 Å². The summed E-state index contributed by atoms with van der Waals surface area (Å²) in [7, 11) is 1.72. The van der Waals surface area contributed by atoms with Crippen LogP contribution in [-0.2, 0) is 7.05 Å². The highest BCUT2D eigenvalue weighted by Crippen LogP contribution is 2.03. The van der Waals surface area contributed by atoms with Crippen molar-refractivity contribution < 1.29 is 0 Å². The third-order valence-corrected chi connectivity index (χ3v) is 1.85. The molecule has 0 aliphatic rings. The number of rotatable bonds is 3. The maximum Gasteiger partial charge on any atom is 0.250 e. The van der Waals surface area contributed by atoms with Crippen LogP contribution in [0.2, 0.25) is 0 Å². The van der Waals surface area contributed by atoms with Crippen LogP contribution < -0.4 is 16.6 Å². The molecule has 0 amide bonds. The standard InChI is InChI=1S/C9H15N3O/c1-7(5-10)11-8-3-4-9(13)12(2)6-8/h3-4,6-7,11H,5,10H2,1-2H3. The van der Waals surface area contributed by atoms with E-state index < -0.39 is 0 Å². The van der Waals surface area contributed by atoms with Crippen molar-refractivity contribution in [2.24, 2.45) is 12.8 Å². The van der Waals surface area contributed by atoms with Crippen LogP contribution in [0.3, 0.4) is 0 Å². The van der Waals surface area contributed by atoms with Crippen LogP contribution in [0.5, 0.6) is 0 Å². The van der Waals surface area contributed by atoms with Crippen molar-refractivity contribution in [2.75, 3.05) is 11.9 Å². The van der Waals surface area contributed by atoms with Crippen LogP contribution in [0.1, 0.15) is 6.92 Å². The van der Waals surface area contributed by atoms with Gasteiger partial charge in [0.05, 0.1) is 5.69 Å². The number of anilines is 1. The average molecular weight is 181 g/mol. The highest BCUT2D eigenvalue weighted by molar-refractivity contribution is 5.41. The third kappa shape index (κ3) is 2.59. The van der Waals surface area contributed by atoms with Crippen LogP contribution >= 0.6 is 0 Å². The second-order valence-electron chi connectivity index (χ2n) is 3.15. The molecule has 0 aromatic carbocycles. The van der Waals surface area contributed by atoms with Crippen LogP contribution in [0.15, 0.2) is 23.1 Å². The van der Waals surface area contributed by atoms with Gasteiger partial charge in [-0.2, -0.15) is 0 Å². The molecule has 0 bridgehead atoms. The highest BCUT2D eigenvalue weighted by Gasteiger charge is 1.99. The molecule has 0 saturated heterocycles. The Hall–Kier alpha value is -1.29. The van der Waals surface area contributed by atoms with Gasteiger partial charge in [0.25, 0.3) is 0 Å². The van der Waals surface area contributed by atoms with Gasteiger partial charge in [-0.05, 0) is 13.0 Å². The van der Waals surface area contributed by atoms with Gasteiger partial charge in [0.1, 0.15) is 0 Å². The average Bonchev–Trinajstić information content (AvgIpc) is 2.11. The predicted octanol–water partition coefficient (Wildman–Crippen LogP) is 0.144. The molecule has 1 heterocycles. The Bertz CT molecular complexity index is 332. The maximum atomic E-state index is 11.0. The van der Waals surface area contributed by atoms with E-state index in [1.165, 1.54) is 10.6 Å². The minimum Gasteiger partial charge on any atom is -0.380 e. The minimum atomic E-state index is -0.00838. The quantitative estimate of drug-likeness (QED) is 0.697. The molecular formula is C9H15N3O. The largest absolute Gasteiger partial charge is 0.380 e. The van der Waals surface area contributed by atoms with E-state index in [0.717, 1.165) is 5.69 Å². The summed E-state index contributed by atoms with van der Waals surface area (Å²) >= 11 is 0. The van der Waals surface area contributed by atoms with E-state index in [1.807, 2.05) is 6.92 Å². The van der Waals surface area contributed by atoms with Crippen molar-refractivity contribution in [1.29, 1.82) is 0 Å². The fraction of sp³-hybridized carbons (Fsp3) is 0.444. The molecular weight excluding hydrogens is 166 g/mol. The number of pyridine rings is 1. The molecule has 0 fully saturated rings. The Morgan fingerprint density at radius 3 is 2.85 bits per heavy atom. The highest BCUT2D eigenvalue weighted by atomic mass is 16.1. The van der Waals surface area contributed by atoms with Crippen molar-refractivity contribution in [3.8, 4) is 0 Å². The molecule has 0 aliphatic carbocycles. The SMILES string of the molecule is CC(CN)Nc1ccc(=O)n(C)c1. The molecule has 1 atom stereocenters. The van der Waals surface area contributed by atoms with Gasteiger partial charge >= 0.3 is 0 Å². The van der Waals surface area contributed by atoms with Gasteiger partial charge in [-0.1, -0.05) is 0 Å². The Morgan fingerprint density at radius 2 is 2.31 bits per heavy atom. The zero-order valence-electron chi connectivity index (χ0n) is 7.95. The third-order valence-electron chi connectivity index (χ3n) is 1.85. The molecule has 4 nitrogen and oxygen atoms in total. The van der Waals surface area contributed by atoms with E-state index in [0.29, 0.717) is 6.54 Å². The first kappa shape index (κ1) is 9.80. The zero-order valence-corrected chi connectivity index (χ0v) is 7.95. The maximum absolute atomic E-state index is 11.0. The minimum absolute atomic E-state index is 0.00838. The summed E-state index contributed by atoms with van der Waals surface area (Å²) in [5.74, 6) is 0. The van der Waals surface area contributed by atoms with Crippen LogP contribution in [0.25, 0.3) is 0 Å². The van der Waals surface area contributed by atoms with Crippen molar-refractivity contribution in [1.82, 2.24) is 4.57 Å². The Morgan fingerprint density at radius 1 is 1.62 bits per heavy atom.